The number of carbonyl (C=O) groups is 5. The molecule has 0 radical (unpaired) electrons. The van der Waals surface area contributed by atoms with Crippen LogP contribution in [0.25, 0.3) is 0 Å². The molecule has 27 heavy (non-hydrogen) atoms. The van der Waals surface area contributed by atoms with Crippen molar-refractivity contribution in [1.82, 2.24) is 0 Å². The van der Waals surface area contributed by atoms with Gasteiger partial charge in [-0.25, -0.2) is 0 Å². The van der Waals surface area contributed by atoms with Crippen LogP contribution in [0.15, 0.2) is 0 Å². The number of hydrogen-bond donors (Lipinski definition) is 0. The lowest BCUT2D eigenvalue weighted by atomic mass is 10.1. The third-order valence-corrected chi connectivity index (χ3v) is 3.23. The number of ether oxygens (including phenoxy) is 6. The van der Waals surface area contributed by atoms with Gasteiger partial charge < -0.3 is 28.4 Å². The molecule has 0 bridgehead atoms. The lowest BCUT2D eigenvalue weighted by Gasteiger charge is -2.27. The summed E-state index contributed by atoms with van der Waals surface area (Å²) in [5.41, 5.74) is 0. The van der Waals surface area contributed by atoms with Crippen molar-refractivity contribution in [2.45, 2.75) is 65.3 Å². The summed E-state index contributed by atoms with van der Waals surface area (Å²) in [5.74, 6) is -3.62. The van der Waals surface area contributed by atoms with Crippen molar-refractivity contribution in [3.05, 3.63) is 0 Å². The Kier molecular flexibility index (Phi) is 8.16. The van der Waals surface area contributed by atoms with Crippen molar-refractivity contribution in [1.29, 1.82) is 0 Å². The standard InChI is InChI=1S/C16H22O11/c1-7(17)22-6-12(23-8(2)18)13-14(24-9(3)19)15(25-10(4)20)16(27-13)26-11(5)21/h12-16H,6H2,1-5H3/t12-,13-,14-,15+,16+/m0/s1. The van der Waals surface area contributed by atoms with Crippen LogP contribution < -0.4 is 0 Å². The molecule has 0 aromatic rings. The molecule has 0 spiro atoms. The second kappa shape index (κ2) is 9.86. The summed E-state index contributed by atoms with van der Waals surface area (Å²) in [6.45, 7) is 5.15. The van der Waals surface area contributed by atoms with Crippen molar-refractivity contribution in [2.24, 2.45) is 0 Å². The third-order valence-electron chi connectivity index (χ3n) is 3.23. The Morgan fingerprint density at radius 3 is 1.70 bits per heavy atom. The highest BCUT2D eigenvalue weighted by atomic mass is 16.8. The summed E-state index contributed by atoms with van der Waals surface area (Å²) in [7, 11) is 0. The molecule has 0 aromatic carbocycles. The van der Waals surface area contributed by atoms with Crippen molar-refractivity contribution >= 4 is 29.8 Å². The van der Waals surface area contributed by atoms with Crippen molar-refractivity contribution in [3.63, 3.8) is 0 Å². The Bertz CT molecular complexity index is 599. The second-order valence-corrected chi connectivity index (χ2v) is 5.68. The number of esters is 5. The monoisotopic (exact) mass is 390 g/mol. The molecular formula is C16H22O11. The average molecular weight is 390 g/mol. The molecule has 1 saturated heterocycles. The van der Waals surface area contributed by atoms with Gasteiger partial charge in [0, 0.05) is 34.6 Å². The molecule has 11 nitrogen and oxygen atoms in total. The first-order chi connectivity index (χ1) is 12.5. The largest absolute Gasteiger partial charge is 0.462 e. The molecule has 0 aromatic heterocycles. The van der Waals surface area contributed by atoms with Gasteiger partial charge in [-0.05, 0) is 0 Å². The Morgan fingerprint density at radius 1 is 0.741 bits per heavy atom. The highest BCUT2D eigenvalue weighted by Crippen LogP contribution is 2.31. The fraction of sp³-hybridized carbons (Fsp3) is 0.688. The lowest BCUT2D eigenvalue weighted by Crippen LogP contribution is -2.46. The number of carbonyl (C=O) groups excluding carboxylic acids is 5. The quantitative estimate of drug-likeness (QED) is 0.415. The van der Waals surface area contributed by atoms with Gasteiger partial charge in [0.2, 0.25) is 12.4 Å². The SMILES string of the molecule is CC(=O)OC[C@H](OC(C)=O)[C@@H]1O[C@@H](OC(C)=O)[C@H](OC(C)=O)[C@H]1OC(C)=O. The molecule has 5 atom stereocenters. The van der Waals surface area contributed by atoms with Crippen LogP contribution in [-0.2, 0) is 52.4 Å². The zero-order chi connectivity index (χ0) is 20.7. The molecule has 0 N–H and O–H groups in total. The summed E-state index contributed by atoms with van der Waals surface area (Å²) in [6.07, 6.45) is -6.46. The van der Waals surface area contributed by atoms with Gasteiger partial charge in [0.05, 0.1) is 0 Å². The number of rotatable bonds is 7. The summed E-state index contributed by atoms with van der Waals surface area (Å²) in [6, 6.07) is 0. The maximum Gasteiger partial charge on any atom is 0.305 e. The molecule has 1 rings (SSSR count). The van der Waals surface area contributed by atoms with Crippen LogP contribution in [0.5, 0.6) is 0 Å². The van der Waals surface area contributed by atoms with Gasteiger partial charge in [0.15, 0.2) is 12.2 Å². The fourth-order valence-corrected chi connectivity index (χ4v) is 2.46. The third kappa shape index (κ3) is 7.21. The van der Waals surface area contributed by atoms with Crippen LogP contribution in [0.3, 0.4) is 0 Å². The van der Waals surface area contributed by atoms with Crippen LogP contribution in [-0.4, -0.2) is 67.2 Å². The zero-order valence-electron chi connectivity index (χ0n) is 15.6. The molecule has 1 heterocycles. The summed E-state index contributed by atoms with van der Waals surface area (Å²) in [5, 5.41) is 0. The van der Waals surface area contributed by atoms with E-state index in [9.17, 15) is 24.0 Å². The smallest absolute Gasteiger partial charge is 0.305 e. The van der Waals surface area contributed by atoms with Crippen LogP contribution in [0.2, 0.25) is 0 Å². The molecule has 1 aliphatic rings. The van der Waals surface area contributed by atoms with Crippen LogP contribution in [0.4, 0.5) is 0 Å². The van der Waals surface area contributed by atoms with E-state index in [1.807, 2.05) is 0 Å². The van der Waals surface area contributed by atoms with Gasteiger partial charge in [0.25, 0.3) is 0 Å². The van der Waals surface area contributed by atoms with Crippen molar-refractivity contribution in [2.75, 3.05) is 6.61 Å². The highest BCUT2D eigenvalue weighted by molar-refractivity contribution is 5.69. The summed E-state index contributed by atoms with van der Waals surface area (Å²) in [4.78, 5) is 56.7. The Balaban J connectivity index is 3.20. The second-order valence-electron chi connectivity index (χ2n) is 5.68. The molecule has 152 valence electrons. The van der Waals surface area contributed by atoms with E-state index in [-0.39, 0.29) is 0 Å². The Morgan fingerprint density at radius 2 is 1.26 bits per heavy atom. The average Bonchev–Trinajstić information content (AvgIpc) is 2.79. The minimum Gasteiger partial charge on any atom is -0.462 e. The minimum absolute atomic E-state index is 0.420. The van der Waals surface area contributed by atoms with E-state index in [2.05, 4.69) is 0 Å². The van der Waals surface area contributed by atoms with E-state index < -0.39 is 67.2 Å². The Hall–Kier alpha value is -2.69. The van der Waals surface area contributed by atoms with E-state index >= 15 is 0 Å². The predicted octanol–water partition coefficient (Wildman–Crippen LogP) is -0.367. The van der Waals surface area contributed by atoms with Gasteiger partial charge in [-0.15, -0.1) is 0 Å². The topological polar surface area (TPSA) is 141 Å². The van der Waals surface area contributed by atoms with E-state index in [1.54, 1.807) is 0 Å². The predicted molar refractivity (Wildman–Crippen MR) is 83.7 cm³/mol. The van der Waals surface area contributed by atoms with E-state index in [1.165, 1.54) is 0 Å². The van der Waals surface area contributed by atoms with E-state index in [4.69, 9.17) is 28.4 Å². The molecule has 11 heteroatoms. The van der Waals surface area contributed by atoms with Gasteiger partial charge in [-0.1, -0.05) is 0 Å². The normalized spacial score (nSPS) is 25.1. The minimum atomic E-state index is -1.42. The van der Waals surface area contributed by atoms with Crippen LogP contribution >= 0.6 is 0 Å². The molecular weight excluding hydrogens is 368 g/mol. The first-order valence-corrected chi connectivity index (χ1v) is 7.99. The number of hydrogen-bond acceptors (Lipinski definition) is 11. The zero-order valence-corrected chi connectivity index (χ0v) is 15.6. The molecule has 0 saturated carbocycles. The maximum atomic E-state index is 11.5. The van der Waals surface area contributed by atoms with E-state index in [0.29, 0.717) is 0 Å². The van der Waals surface area contributed by atoms with Gasteiger partial charge in [0.1, 0.15) is 12.7 Å². The summed E-state index contributed by atoms with van der Waals surface area (Å²) < 4.78 is 30.7. The van der Waals surface area contributed by atoms with Gasteiger partial charge in [-0.3, -0.25) is 24.0 Å². The summed E-state index contributed by atoms with van der Waals surface area (Å²) >= 11 is 0. The Labute approximate surface area is 155 Å². The van der Waals surface area contributed by atoms with Crippen LogP contribution in [0.1, 0.15) is 34.6 Å². The van der Waals surface area contributed by atoms with Crippen molar-refractivity contribution < 1.29 is 52.4 Å². The lowest BCUT2D eigenvalue weighted by molar-refractivity contribution is -0.203. The van der Waals surface area contributed by atoms with E-state index in [0.717, 1.165) is 34.6 Å². The molecule has 0 aliphatic carbocycles. The van der Waals surface area contributed by atoms with Crippen LogP contribution in [0, 0.1) is 0 Å². The molecule has 1 aliphatic heterocycles. The molecule has 1 fully saturated rings. The molecule has 0 amide bonds. The maximum absolute atomic E-state index is 11.5. The molecule has 0 unspecified atom stereocenters. The first kappa shape index (κ1) is 22.4. The van der Waals surface area contributed by atoms with Crippen molar-refractivity contribution in [3.8, 4) is 0 Å². The first-order valence-electron chi connectivity index (χ1n) is 7.99. The fourth-order valence-electron chi connectivity index (χ4n) is 2.46. The van der Waals surface area contributed by atoms with Gasteiger partial charge >= 0.3 is 29.8 Å². The highest BCUT2D eigenvalue weighted by Gasteiger charge is 2.55. The van der Waals surface area contributed by atoms with Gasteiger partial charge in [-0.2, -0.15) is 0 Å².